The minimum atomic E-state index is -1.51. The van der Waals surface area contributed by atoms with E-state index in [-0.39, 0.29) is 41.5 Å². The Morgan fingerprint density at radius 1 is 1.26 bits per heavy atom. The van der Waals surface area contributed by atoms with Crippen LogP contribution in [0.25, 0.3) is 21.9 Å². The van der Waals surface area contributed by atoms with Gasteiger partial charge in [0.1, 0.15) is 5.69 Å². The molecule has 1 amide bonds. The van der Waals surface area contributed by atoms with Crippen LogP contribution in [-0.2, 0) is 4.74 Å². The van der Waals surface area contributed by atoms with Gasteiger partial charge in [-0.1, -0.05) is 6.92 Å². The van der Waals surface area contributed by atoms with Gasteiger partial charge in [-0.25, -0.2) is 19.2 Å². The van der Waals surface area contributed by atoms with Gasteiger partial charge < -0.3 is 30.6 Å². The number of hydrogen-bond acceptors (Lipinski definition) is 8. The van der Waals surface area contributed by atoms with Crippen molar-refractivity contribution in [2.75, 3.05) is 30.8 Å². The van der Waals surface area contributed by atoms with E-state index < -0.39 is 18.3 Å². The molecular weight excluding hydrogens is 448 g/mol. The molecule has 0 spiro atoms. The molecule has 5 rings (SSSR count). The first-order valence-corrected chi connectivity index (χ1v) is 10.8. The summed E-state index contributed by atoms with van der Waals surface area (Å²) in [6.45, 7) is 4.67. The van der Waals surface area contributed by atoms with Crippen molar-refractivity contribution in [2.24, 2.45) is 5.92 Å². The van der Waals surface area contributed by atoms with Crippen LogP contribution in [0.3, 0.4) is 0 Å². The molecule has 34 heavy (non-hydrogen) atoms. The Morgan fingerprint density at radius 3 is 2.85 bits per heavy atom. The number of rotatable bonds is 3. The van der Waals surface area contributed by atoms with Crippen LogP contribution in [0.5, 0.6) is 11.8 Å². The predicted octanol–water partition coefficient (Wildman–Crippen LogP) is 3.55. The Hall–Kier alpha value is -3.73. The van der Waals surface area contributed by atoms with Crippen molar-refractivity contribution in [3.63, 3.8) is 0 Å². The number of carbonyl (C=O) groups excluding carboxylic acids is 1. The highest BCUT2D eigenvalue weighted by molar-refractivity contribution is 5.98. The maximum atomic E-state index is 15.3. The molecule has 11 heteroatoms. The number of hydrogen-bond donors (Lipinski definition) is 3. The third-order valence-electron chi connectivity index (χ3n) is 6.11. The Balaban J connectivity index is 1.48. The second-order valence-electron chi connectivity index (χ2n) is 8.44. The number of amides is 1. The molecule has 1 saturated heterocycles. The molecule has 3 aromatic rings. The van der Waals surface area contributed by atoms with Crippen LogP contribution in [0.1, 0.15) is 12.5 Å². The van der Waals surface area contributed by atoms with E-state index >= 15 is 4.39 Å². The third-order valence-corrected chi connectivity index (χ3v) is 6.11. The van der Waals surface area contributed by atoms with Crippen molar-refractivity contribution in [3.05, 3.63) is 35.9 Å². The van der Waals surface area contributed by atoms with Gasteiger partial charge >= 0.3 is 6.09 Å². The highest BCUT2D eigenvalue weighted by Crippen LogP contribution is 2.40. The second-order valence-corrected chi connectivity index (χ2v) is 8.44. The lowest BCUT2D eigenvalue weighted by molar-refractivity contribution is 0.0688. The number of aromatic nitrogens is 2. The number of nitrogens with two attached hydrogens (primary N) is 1. The van der Waals surface area contributed by atoms with Crippen molar-refractivity contribution in [3.8, 4) is 22.9 Å². The number of fused-ring (bicyclic) bond motifs is 2. The van der Waals surface area contributed by atoms with Crippen molar-refractivity contribution in [1.29, 1.82) is 0 Å². The van der Waals surface area contributed by atoms with E-state index in [1.54, 1.807) is 13.0 Å². The quantitative estimate of drug-likeness (QED) is 0.496. The van der Waals surface area contributed by atoms with Crippen LogP contribution >= 0.6 is 0 Å². The lowest BCUT2D eigenvalue weighted by atomic mass is 9.97. The number of nitrogen functional groups attached to an aromatic ring is 1. The Kier molecular flexibility index (Phi) is 5.56. The van der Waals surface area contributed by atoms with Gasteiger partial charge in [0.05, 0.1) is 31.5 Å². The molecule has 0 aliphatic carbocycles. The zero-order chi connectivity index (χ0) is 24.0. The normalized spacial score (nSPS) is 21.5. The monoisotopic (exact) mass is 471 g/mol. The van der Waals surface area contributed by atoms with Gasteiger partial charge in [0, 0.05) is 40.9 Å². The Morgan fingerprint density at radius 2 is 2.09 bits per heavy atom. The van der Waals surface area contributed by atoms with E-state index in [4.69, 9.17) is 19.9 Å². The summed E-state index contributed by atoms with van der Waals surface area (Å²) in [7, 11) is 0. The molecule has 2 unspecified atom stereocenters. The van der Waals surface area contributed by atoms with Crippen LogP contribution in [0.15, 0.2) is 24.5 Å². The van der Waals surface area contributed by atoms with Crippen molar-refractivity contribution < 1.29 is 27.8 Å². The molecule has 1 fully saturated rings. The van der Waals surface area contributed by atoms with Gasteiger partial charge in [-0.2, -0.15) is 4.39 Å². The average molecular weight is 471 g/mol. The summed E-state index contributed by atoms with van der Waals surface area (Å²) >= 11 is 0. The topological polar surface area (TPSA) is 121 Å². The molecule has 0 saturated carbocycles. The summed E-state index contributed by atoms with van der Waals surface area (Å²) in [5.41, 5.74) is 7.76. The number of nitrogens with one attached hydrogen (secondary N) is 2. The Bertz CT molecular complexity index is 1290. The smallest absolute Gasteiger partial charge is 0.414 e. The minimum Gasteiger partial charge on any atom is -0.440 e. The van der Waals surface area contributed by atoms with Gasteiger partial charge in [0.2, 0.25) is 11.8 Å². The van der Waals surface area contributed by atoms with E-state index in [0.717, 1.165) is 0 Å². The molecule has 2 aromatic heterocycles. The molecular formula is C23H23F2N5O4. The van der Waals surface area contributed by atoms with Crippen molar-refractivity contribution >= 4 is 28.2 Å². The van der Waals surface area contributed by atoms with E-state index in [0.29, 0.717) is 40.8 Å². The summed E-state index contributed by atoms with van der Waals surface area (Å²) in [4.78, 5) is 20.5. The van der Waals surface area contributed by atoms with Crippen LogP contribution < -0.4 is 25.8 Å². The SMILES string of the molecule is Cc1c(-c2cc3cc(OC(=O)NC4COCC4C)ncc3c(N)c2F)cnc2c1NC[C@H](F)O2. The van der Waals surface area contributed by atoms with Gasteiger partial charge in [-0.15, -0.1) is 0 Å². The van der Waals surface area contributed by atoms with Gasteiger partial charge in [0.25, 0.3) is 6.36 Å². The van der Waals surface area contributed by atoms with Crippen molar-refractivity contribution in [1.82, 2.24) is 15.3 Å². The standard InChI is InChI=1S/C23H23F2N5O4/c1-10-8-32-9-16(10)30-23(31)34-18-4-12-3-13(19(25)20(26)15(12)6-27-18)14-5-29-22-21(11(14)2)28-7-17(24)33-22/h3-6,10,16-17,28H,7-9,26H2,1-2H3,(H,30,31)/t10?,16?,17-/m1/s1. The predicted molar refractivity (Wildman–Crippen MR) is 121 cm³/mol. The minimum absolute atomic E-state index is 0.0397. The maximum absolute atomic E-state index is 15.3. The maximum Gasteiger partial charge on any atom is 0.414 e. The van der Waals surface area contributed by atoms with E-state index in [2.05, 4.69) is 20.6 Å². The second kappa shape index (κ2) is 8.56. The molecule has 2 aliphatic heterocycles. The van der Waals surface area contributed by atoms with E-state index in [1.807, 2.05) is 6.92 Å². The zero-order valence-electron chi connectivity index (χ0n) is 18.5. The summed E-state index contributed by atoms with van der Waals surface area (Å²) in [5.74, 6) is -0.313. The van der Waals surface area contributed by atoms with E-state index in [9.17, 15) is 9.18 Å². The molecule has 0 radical (unpaired) electrons. The molecule has 4 N–H and O–H groups in total. The number of benzene rings is 1. The molecule has 9 nitrogen and oxygen atoms in total. The number of ether oxygens (including phenoxy) is 3. The largest absolute Gasteiger partial charge is 0.440 e. The summed E-state index contributed by atoms with van der Waals surface area (Å²) < 4.78 is 44.6. The first-order valence-electron chi connectivity index (χ1n) is 10.8. The zero-order valence-corrected chi connectivity index (χ0v) is 18.5. The van der Waals surface area contributed by atoms with Crippen LogP contribution in [0.4, 0.5) is 25.0 Å². The number of halogens is 2. The Labute approximate surface area is 193 Å². The average Bonchev–Trinajstić information content (AvgIpc) is 3.20. The molecule has 178 valence electrons. The lowest BCUT2D eigenvalue weighted by Crippen LogP contribution is -2.40. The molecule has 0 bridgehead atoms. The van der Waals surface area contributed by atoms with E-state index in [1.165, 1.54) is 18.5 Å². The number of pyridine rings is 2. The number of anilines is 2. The van der Waals surface area contributed by atoms with Crippen LogP contribution in [0.2, 0.25) is 0 Å². The first kappa shape index (κ1) is 22.1. The number of alkyl halides is 1. The fraction of sp³-hybridized carbons (Fsp3) is 0.348. The summed E-state index contributed by atoms with van der Waals surface area (Å²) in [6, 6.07) is 2.95. The lowest BCUT2D eigenvalue weighted by Gasteiger charge is -2.24. The molecule has 1 aromatic carbocycles. The van der Waals surface area contributed by atoms with Gasteiger partial charge in [-0.05, 0) is 23.9 Å². The molecule has 3 atom stereocenters. The summed E-state index contributed by atoms with van der Waals surface area (Å²) in [5, 5.41) is 6.58. The fourth-order valence-electron chi connectivity index (χ4n) is 4.14. The highest BCUT2D eigenvalue weighted by atomic mass is 19.1. The molecule has 2 aliphatic rings. The number of nitrogens with zero attached hydrogens (tertiary/aromatic N) is 2. The van der Waals surface area contributed by atoms with Gasteiger partial charge in [-0.3, -0.25) is 0 Å². The first-order chi connectivity index (χ1) is 16.3. The molecule has 4 heterocycles. The van der Waals surface area contributed by atoms with Gasteiger partial charge in [0.15, 0.2) is 5.82 Å². The van der Waals surface area contributed by atoms with Crippen LogP contribution in [-0.4, -0.2) is 48.2 Å². The highest BCUT2D eigenvalue weighted by Gasteiger charge is 2.27. The van der Waals surface area contributed by atoms with Crippen molar-refractivity contribution in [2.45, 2.75) is 26.2 Å². The fourth-order valence-corrected chi connectivity index (χ4v) is 4.14. The third kappa shape index (κ3) is 3.92. The number of carbonyl (C=O) groups is 1. The van der Waals surface area contributed by atoms with Crippen LogP contribution in [0, 0.1) is 18.7 Å². The summed E-state index contributed by atoms with van der Waals surface area (Å²) in [6.07, 6.45) is 0.604.